The molecule has 0 saturated carbocycles. The van der Waals surface area contributed by atoms with Gasteiger partial charge in [-0.1, -0.05) is 12.1 Å². The third kappa shape index (κ3) is 5.26. The van der Waals surface area contributed by atoms with Crippen LogP contribution in [0.25, 0.3) is 0 Å². The van der Waals surface area contributed by atoms with Gasteiger partial charge in [0.15, 0.2) is 0 Å². The van der Waals surface area contributed by atoms with E-state index in [1.807, 2.05) is 0 Å². The van der Waals surface area contributed by atoms with Crippen molar-refractivity contribution in [1.29, 1.82) is 0 Å². The Morgan fingerprint density at radius 1 is 1.41 bits per heavy atom. The number of hydrogen-bond donors (Lipinski definition) is 1. The van der Waals surface area contributed by atoms with Crippen LogP contribution in [-0.2, 0) is 4.79 Å². The topological polar surface area (TPSA) is 101 Å². The molecule has 92 valence electrons. The van der Waals surface area contributed by atoms with Gasteiger partial charge in [-0.2, -0.15) is 0 Å². The molecule has 1 aromatic rings. The van der Waals surface area contributed by atoms with Crippen molar-refractivity contribution >= 4 is 18.1 Å². The Morgan fingerprint density at radius 2 is 1.88 bits per heavy atom. The minimum Gasteiger partial charge on any atom is -0.477 e. The minimum absolute atomic E-state index is 0.289. The van der Waals surface area contributed by atoms with E-state index in [2.05, 4.69) is 0 Å². The third-order valence-electron chi connectivity index (χ3n) is 1.54. The molecule has 0 unspecified atom stereocenters. The summed E-state index contributed by atoms with van der Waals surface area (Å²) in [5.41, 5.74) is -0.674. The van der Waals surface area contributed by atoms with E-state index in [1.165, 1.54) is 23.1 Å². The summed E-state index contributed by atoms with van der Waals surface area (Å²) in [5.74, 6) is -1.29. The lowest BCUT2D eigenvalue weighted by atomic mass is 10.2. The molecule has 1 rings (SSSR count). The zero-order valence-electron chi connectivity index (χ0n) is 9.36. The molecule has 0 bridgehead atoms. The maximum atomic E-state index is 10.4. The highest BCUT2D eigenvalue weighted by molar-refractivity contribution is 5.92. The molecule has 1 amide bonds. The summed E-state index contributed by atoms with van der Waals surface area (Å²) >= 11 is 0. The maximum Gasteiger partial charge on any atom is 0.342 e. The molecule has 0 atom stereocenters. The monoisotopic (exact) mass is 240 g/mol. The number of carbonyl (C=O) groups excluding carboxylic acids is 1. The number of nitro groups is 1. The molecule has 0 aliphatic heterocycles. The second kappa shape index (κ2) is 6.94. The van der Waals surface area contributed by atoms with Gasteiger partial charge in [0.2, 0.25) is 6.41 Å². The fourth-order valence-electron chi connectivity index (χ4n) is 0.814. The highest BCUT2D eigenvalue weighted by Crippen LogP contribution is 2.16. The van der Waals surface area contributed by atoms with Gasteiger partial charge in [0, 0.05) is 20.2 Å². The zero-order chi connectivity index (χ0) is 13.4. The van der Waals surface area contributed by atoms with Crippen LogP contribution in [0, 0.1) is 10.1 Å². The number of para-hydroxylation sites is 1. The molecule has 0 fully saturated rings. The number of rotatable bonds is 3. The van der Waals surface area contributed by atoms with E-state index in [9.17, 15) is 19.7 Å². The average Bonchev–Trinajstić information content (AvgIpc) is 2.29. The lowest BCUT2D eigenvalue weighted by molar-refractivity contribution is -0.385. The van der Waals surface area contributed by atoms with Gasteiger partial charge < -0.3 is 10.0 Å². The van der Waals surface area contributed by atoms with E-state index in [0.717, 1.165) is 12.5 Å². The molecule has 0 radical (unpaired) electrons. The Bertz CT molecular complexity index is 384. The molecule has 17 heavy (non-hydrogen) atoms. The lowest BCUT2D eigenvalue weighted by Crippen LogP contribution is -2.06. The number of benzene rings is 1. The fourth-order valence-corrected chi connectivity index (χ4v) is 0.814. The molecular formula is C10H12N2O5. The van der Waals surface area contributed by atoms with Gasteiger partial charge in [-0.25, -0.2) is 4.79 Å². The standard InChI is InChI=1S/C7H5NO4.C3H7NO/c9-7(10)5-3-1-2-4-6(5)8(11)12;1-4(2)3-5/h1-4H,(H,9,10);3H,1-2H3. The van der Waals surface area contributed by atoms with Crippen LogP contribution in [0.2, 0.25) is 0 Å². The zero-order valence-corrected chi connectivity index (χ0v) is 9.36. The van der Waals surface area contributed by atoms with Gasteiger partial charge >= 0.3 is 5.97 Å². The van der Waals surface area contributed by atoms with E-state index in [4.69, 9.17) is 5.11 Å². The van der Waals surface area contributed by atoms with Crippen LogP contribution in [0.4, 0.5) is 5.69 Å². The molecule has 7 nitrogen and oxygen atoms in total. The van der Waals surface area contributed by atoms with Crippen LogP contribution in [-0.4, -0.2) is 41.4 Å². The number of amides is 1. The maximum absolute atomic E-state index is 10.4. The first-order valence-corrected chi connectivity index (χ1v) is 4.48. The predicted molar refractivity (Wildman–Crippen MR) is 59.8 cm³/mol. The number of carboxylic acids is 1. The van der Waals surface area contributed by atoms with Gasteiger partial charge in [0.05, 0.1) is 4.92 Å². The number of carboxylic acid groups (broad SMARTS) is 1. The van der Waals surface area contributed by atoms with Crippen LogP contribution in [0.3, 0.4) is 0 Å². The molecular weight excluding hydrogens is 228 g/mol. The summed E-state index contributed by atoms with van der Waals surface area (Å²) in [6, 6.07) is 5.21. The highest BCUT2D eigenvalue weighted by atomic mass is 16.6. The van der Waals surface area contributed by atoms with Crippen LogP contribution >= 0.6 is 0 Å². The summed E-state index contributed by atoms with van der Waals surface area (Å²) in [7, 11) is 3.38. The number of nitro benzene ring substituents is 1. The van der Waals surface area contributed by atoms with Crippen LogP contribution in [0.1, 0.15) is 10.4 Å². The third-order valence-corrected chi connectivity index (χ3v) is 1.54. The molecule has 0 saturated heterocycles. The molecule has 7 heteroatoms. The summed E-state index contributed by atoms with van der Waals surface area (Å²) in [6.07, 6.45) is 0.750. The van der Waals surface area contributed by atoms with Crippen molar-refractivity contribution < 1.29 is 19.6 Å². The first kappa shape index (κ1) is 14.6. The number of hydrogen-bond acceptors (Lipinski definition) is 4. The predicted octanol–water partition coefficient (Wildman–Crippen LogP) is 0.997. The van der Waals surface area contributed by atoms with Crippen molar-refractivity contribution in [1.82, 2.24) is 4.90 Å². The molecule has 1 aromatic carbocycles. The quantitative estimate of drug-likeness (QED) is 0.482. The SMILES string of the molecule is CN(C)C=O.O=C(O)c1ccccc1[N+](=O)[O-]. The van der Waals surface area contributed by atoms with E-state index in [0.29, 0.717) is 0 Å². The number of nitrogens with zero attached hydrogens (tertiary/aromatic N) is 2. The Hall–Kier alpha value is -2.44. The summed E-state index contributed by atoms with van der Waals surface area (Å²) in [4.78, 5) is 30.8. The van der Waals surface area contributed by atoms with Gasteiger partial charge in [0.1, 0.15) is 5.56 Å². The fraction of sp³-hybridized carbons (Fsp3) is 0.200. The van der Waals surface area contributed by atoms with Gasteiger partial charge in [-0.3, -0.25) is 14.9 Å². The highest BCUT2D eigenvalue weighted by Gasteiger charge is 2.17. The molecule has 0 aliphatic carbocycles. The Kier molecular flexibility index (Phi) is 5.94. The first-order valence-electron chi connectivity index (χ1n) is 4.48. The van der Waals surface area contributed by atoms with E-state index >= 15 is 0 Å². The smallest absolute Gasteiger partial charge is 0.342 e. The Balaban J connectivity index is 0.000000437. The van der Waals surface area contributed by atoms with E-state index < -0.39 is 10.9 Å². The van der Waals surface area contributed by atoms with E-state index in [-0.39, 0.29) is 11.3 Å². The normalized spacial score (nSPS) is 8.59. The van der Waals surface area contributed by atoms with Crippen molar-refractivity contribution in [2.45, 2.75) is 0 Å². The Labute approximate surface area is 97.4 Å². The molecule has 0 heterocycles. The van der Waals surface area contributed by atoms with Gasteiger partial charge in [-0.05, 0) is 6.07 Å². The van der Waals surface area contributed by atoms with E-state index in [1.54, 1.807) is 14.1 Å². The Morgan fingerprint density at radius 3 is 2.18 bits per heavy atom. The largest absolute Gasteiger partial charge is 0.477 e. The van der Waals surface area contributed by atoms with Crippen molar-refractivity contribution in [3.8, 4) is 0 Å². The number of aromatic carboxylic acids is 1. The van der Waals surface area contributed by atoms with Crippen molar-refractivity contribution in [2.75, 3.05) is 14.1 Å². The second-order valence-electron chi connectivity index (χ2n) is 3.15. The lowest BCUT2D eigenvalue weighted by Gasteiger charge is -1.94. The first-order chi connectivity index (χ1) is 7.90. The summed E-state index contributed by atoms with van der Waals surface area (Å²) < 4.78 is 0. The van der Waals surface area contributed by atoms with Gasteiger partial charge in [-0.15, -0.1) is 0 Å². The molecule has 1 N–H and O–H groups in total. The second-order valence-corrected chi connectivity index (χ2v) is 3.15. The minimum atomic E-state index is -1.29. The molecule has 0 aliphatic rings. The van der Waals surface area contributed by atoms with Crippen LogP contribution < -0.4 is 0 Å². The van der Waals surface area contributed by atoms with Crippen molar-refractivity contribution in [3.05, 3.63) is 39.9 Å². The van der Waals surface area contributed by atoms with Crippen LogP contribution in [0.15, 0.2) is 24.3 Å². The van der Waals surface area contributed by atoms with Crippen LogP contribution in [0.5, 0.6) is 0 Å². The average molecular weight is 240 g/mol. The van der Waals surface area contributed by atoms with Crippen molar-refractivity contribution in [2.24, 2.45) is 0 Å². The van der Waals surface area contributed by atoms with Gasteiger partial charge in [0.25, 0.3) is 5.69 Å². The summed E-state index contributed by atoms with van der Waals surface area (Å²) in [5, 5.41) is 18.8. The van der Waals surface area contributed by atoms with Crippen molar-refractivity contribution in [3.63, 3.8) is 0 Å². The molecule has 0 spiro atoms. The molecule has 0 aromatic heterocycles. The number of carbonyl (C=O) groups is 2. The summed E-state index contributed by atoms with van der Waals surface area (Å²) in [6.45, 7) is 0.